The van der Waals surface area contributed by atoms with Crippen LogP contribution in [0.15, 0.2) is 11.6 Å². The van der Waals surface area contributed by atoms with E-state index in [2.05, 4.69) is 23.3 Å². The van der Waals surface area contributed by atoms with Crippen molar-refractivity contribution < 1.29 is 0 Å². The van der Waals surface area contributed by atoms with Crippen LogP contribution >= 0.6 is 11.3 Å². The molecule has 1 atom stereocenters. The van der Waals surface area contributed by atoms with E-state index in [9.17, 15) is 0 Å². The fourth-order valence-corrected chi connectivity index (χ4v) is 2.63. The number of hydrogen-bond acceptors (Lipinski definition) is 4. The number of rotatable bonds is 8. The summed E-state index contributed by atoms with van der Waals surface area (Å²) in [6.07, 6.45) is 6.12. The molecule has 0 spiro atoms. The van der Waals surface area contributed by atoms with Gasteiger partial charge in [-0.1, -0.05) is 13.3 Å². The van der Waals surface area contributed by atoms with Gasteiger partial charge >= 0.3 is 0 Å². The van der Waals surface area contributed by atoms with Gasteiger partial charge in [0.05, 0.1) is 17.5 Å². The zero-order valence-corrected chi connectivity index (χ0v) is 12.4. The van der Waals surface area contributed by atoms with E-state index in [4.69, 9.17) is 5.26 Å². The number of hydrogen-bond donors (Lipinski definition) is 1. The molecule has 1 aromatic heterocycles. The van der Waals surface area contributed by atoms with Crippen LogP contribution < -0.4 is 5.32 Å². The molecule has 0 radical (unpaired) electrons. The Morgan fingerprint density at radius 1 is 1.50 bits per heavy atom. The molecule has 18 heavy (non-hydrogen) atoms. The Morgan fingerprint density at radius 3 is 2.83 bits per heavy atom. The molecule has 1 heterocycles. The molecule has 0 amide bonds. The topological polar surface area (TPSA) is 48.7 Å². The second kappa shape index (κ2) is 7.50. The van der Waals surface area contributed by atoms with E-state index < -0.39 is 0 Å². The van der Waals surface area contributed by atoms with Gasteiger partial charge in [-0.2, -0.15) is 5.26 Å². The summed E-state index contributed by atoms with van der Waals surface area (Å²) in [6, 6.07) is 2.73. The van der Waals surface area contributed by atoms with Crippen LogP contribution in [0, 0.1) is 16.7 Å². The van der Waals surface area contributed by atoms with Crippen molar-refractivity contribution in [1.29, 1.82) is 5.26 Å². The van der Waals surface area contributed by atoms with Crippen molar-refractivity contribution in [2.75, 3.05) is 6.54 Å². The van der Waals surface area contributed by atoms with Crippen molar-refractivity contribution in [3.05, 3.63) is 16.6 Å². The van der Waals surface area contributed by atoms with Gasteiger partial charge in [0.15, 0.2) is 0 Å². The van der Waals surface area contributed by atoms with Gasteiger partial charge in [0.1, 0.15) is 5.01 Å². The van der Waals surface area contributed by atoms with E-state index in [1.165, 1.54) is 5.01 Å². The molecular weight excluding hydrogens is 242 g/mol. The van der Waals surface area contributed by atoms with Gasteiger partial charge in [-0.15, -0.1) is 11.3 Å². The van der Waals surface area contributed by atoms with Crippen molar-refractivity contribution >= 4 is 11.3 Å². The summed E-state index contributed by atoms with van der Waals surface area (Å²) >= 11 is 1.71. The maximum Gasteiger partial charge on any atom is 0.109 e. The Hall–Kier alpha value is -0.920. The highest BCUT2D eigenvalue weighted by molar-refractivity contribution is 7.09. The molecule has 0 fully saturated rings. The van der Waals surface area contributed by atoms with Crippen molar-refractivity contribution in [2.45, 2.75) is 52.5 Å². The molecule has 1 rings (SSSR count). The van der Waals surface area contributed by atoms with Gasteiger partial charge in [0, 0.05) is 11.6 Å². The largest absolute Gasteiger partial charge is 0.308 e. The van der Waals surface area contributed by atoms with Gasteiger partial charge in [0.2, 0.25) is 0 Å². The Bertz CT molecular complexity index is 365. The predicted molar refractivity (Wildman–Crippen MR) is 76.4 cm³/mol. The lowest BCUT2D eigenvalue weighted by Gasteiger charge is -2.16. The van der Waals surface area contributed by atoms with Crippen LogP contribution in [0.3, 0.4) is 0 Å². The highest BCUT2D eigenvalue weighted by Gasteiger charge is 2.15. The molecule has 1 N–H and O–H groups in total. The highest BCUT2D eigenvalue weighted by atomic mass is 32.1. The third-order valence-electron chi connectivity index (χ3n) is 3.08. The summed E-state index contributed by atoms with van der Waals surface area (Å²) in [5.74, 6) is 0. The molecule has 1 unspecified atom stereocenters. The van der Waals surface area contributed by atoms with Gasteiger partial charge in [-0.25, -0.2) is 4.98 Å². The van der Waals surface area contributed by atoms with E-state index in [0.717, 1.165) is 32.2 Å². The van der Waals surface area contributed by atoms with Gasteiger partial charge in [-0.3, -0.25) is 0 Å². The number of thiazole rings is 1. The Balaban J connectivity index is 2.20. The quantitative estimate of drug-likeness (QED) is 0.725. The normalized spacial score (nSPS) is 13.2. The van der Waals surface area contributed by atoms with Crippen molar-refractivity contribution in [2.24, 2.45) is 5.41 Å². The molecule has 0 saturated carbocycles. The first-order chi connectivity index (χ1) is 8.59. The summed E-state index contributed by atoms with van der Waals surface area (Å²) in [5, 5.41) is 15.7. The minimum absolute atomic E-state index is 0.181. The van der Waals surface area contributed by atoms with Gasteiger partial charge < -0.3 is 5.32 Å². The van der Waals surface area contributed by atoms with Crippen LogP contribution in [0.25, 0.3) is 0 Å². The zero-order chi connectivity index (χ0) is 13.4. The third kappa shape index (κ3) is 5.16. The van der Waals surface area contributed by atoms with E-state index >= 15 is 0 Å². The summed E-state index contributed by atoms with van der Waals surface area (Å²) < 4.78 is 0. The van der Waals surface area contributed by atoms with Crippen molar-refractivity contribution in [3.63, 3.8) is 0 Å². The zero-order valence-electron chi connectivity index (χ0n) is 11.6. The third-order valence-corrected chi connectivity index (χ3v) is 3.97. The predicted octanol–water partition coefficient (Wildman–Crippen LogP) is 3.90. The molecule has 1 aromatic rings. The van der Waals surface area contributed by atoms with Crippen LogP contribution in [-0.2, 0) is 0 Å². The van der Waals surface area contributed by atoms with Crippen LogP contribution in [-0.4, -0.2) is 11.5 Å². The van der Waals surface area contributed by atoms with E-state index in [1.54, 1.807) is 11.3 Å². The molecular formula is C14H23N3S. The van der Waals surface area contributed by atoms with Crippen LogP contribution in [0.4, 0.5) is 0 Å². The molecule has 0 aliphatic carbocycles. The molecule has 3 nitrogen and oxygen atoms in total. The number of unbranched alkanes of at least 4 members (excludes halogenated alkanes) is 1. The minimum atomic E-state index is -0.181. The summed E-state index contributed by atoms with van der Waals surface area (Å²) in [5.41, 5.74) is -0.181. The average Bonchev–Trinajstić information content (AvgIpc) is 2.87. The van der Waals surface area contributed by atoms with Crippen molar-refractivity contribution in [1.82, 2.24) is 10.3 Å². The van der Waals surface area contributed by atoms with Crippen LogP contribution in [0.5, 0.6) is 0 Å². The maximum absolute atomic E-state index is 8.93. The molecule has 0 saturated heterocycles. The second-order valence-electron chi connectivity index (χ2n) is 5.24. The molecule has 0 aliphatic rings. The standard InChI is InChI=1S/C14H23N3S/c1-4-12(13-17-9-10-18-13)16-8-6-5-7-14(2,3)11-15/h9-10,12,16H,4-8H2,1-3H3. The van der Waals surface area contributed by atoms with E-state index in [0.29, 0.717) is 6.04 Å². The molecule has 0 aliphatic heterocycles. The maximum atomic E-state index is 8.93. The smallest absolute Gasteiger partial charge is 0.109 e. The monoisotopic (exact) mass is 265 g/mol. The Kier molecular flexibility index (Phi) is 6.31. The average molecular weight is 265 g/mol. The van der Waals surface area contributed by atoms with Crippen molar-refractivity contribution in [3.8, 4) is 6.07 Å². The molecule has 4 heteroatoms. The Morgan fingerprint density at radius 2 is 2.28 bits per heavy atom. The first kappa shape index (κ1) is 15.1. The number of aromatic nitrogens is 1. The first-order valence-corrected chi connectivity index (χ1v) is 7.51. The summed E-state index contributed by atoms with van der Waals surface area (Å²) in [6.45, 7) is 7.19. The van der Waals surface area contributed by atoms with Crippen LogP contribution in [0.2, 0.25) is 0 Å². The minimum Gasteiger partial charge on any atom is -0.308 e. The SMILES string of the molecule is CCC(NCCCCC(C)(C)C#N)c1nccs1. The number of nitrogens with zero attached hydrogens (tertiary/aromatic N) is 2. The molecule has 100 valence electrons. The van der Waals surface area contributed by atoms with Gasteiger partial charge in [0.25, 0.3) is 0 Å². The number of nitrogens with one attached hydrogen (secondary N) is 1. The lowest BCUT2D eigenvalue weighted by molar-refractivity contribution is 0.413. The van der Waals surface area contributed by atoms with E-state index in [-0.39, 0.29) is 5.41 Å². The Labute approximate surface area is 114 Å². The molecule has 0 aromatic carbocycles. The lowest BCUT2D eigenvalue weighted by Crippen LogP contribution is -2.22. The first-order valence-electron chi connectivity index (χ1n) is 6.63. The fraction of sp³-hybridized carbons (Fsp3) is 0.714. The highest BCUT2D eigenvalue weighted by Crippen LogP contribution is 2.22. The number of nitriles is 1. The summed E-state index contributed by atoms with van der Waals surface area (Å²) in [7, 11) is 0. The van der Waals surface area contributed by atoms with Gasteiger partial charge in [-0.05, 0) is 39.7 Å². The lowest BCUT2D eigenvalue weighted by atomic mass is 9.89. The molecule has 0 bridgehead atoms. The second-order valence-corrected chi connectivity index (χ2v) is 6.16. The summed E-state index contributed by atoms with van der Waals surface area (Å²) in [4.78, 5) is 4.35. The van der Waals surface area contributed by atoms with Crippen LogP contribution in [0.1, 0.15) is 57.5 Å². The fourth-order valence-electron chi connectivity index (χ4n) is 1.84. The van der Waals surface area contributed by atoms with E-state index in [1.807, 2.05) is 25.4 Å².